The van der Waals surface area contributed by atoms with E-state index in [9.17, 15) is 17.6 Å². The summed E-state index contributed by atoms with van der Waals surface area (Å²) in [4.78, 5) is 37.1. The lowest BCUT2D eigenvalue weighted by atomic mass is 9.91. The first-order valence-electron chi connectivity index (χ1n) is 27.1. The van der Waals surface area contributed by atoms with Crippen molar-refractivity contribution in [2.75, 3.05) is 122 Å². The molecule has 19 nitrogen and oxygen atoms in total. The molecule has 0 bridgehead atoms. The number of nitrogens with one attached hydrogen (secondary N) is 3. The van der Waals surface area contributed by atoms with Crippen LogP contribution in [0.4, 0.5) is 21.7 Å². The van der Waals surface area contributed by atoms with Gasteiger partial charge in [-0.25, -0.2) is 22.8 Å². The van der Waals surface area contributed by atoms with Crippen LogP contribution in [0.2, 0.25) is 0 Å². The van der Waals surface area contributed by atoms with Gasteiger partial charge in [-0.2, -0.15) is 5.10 Å². The van der Waals surface area contributed by atoms with Crippen molar-refractivity contribution in [3.05, 3.63) is 101 Å². The maximum absolute atomic E-state index is 14.3. The van der Waals surface area contributed by atoms with Crippen LogP contribution in [0.5, 0.6) is 5.75 Å². The number of benzene rings is 2. The van der Waals surface area contributed by atoms with Crippen LogP contribution in [0.3, 0.4) is 0 Å². The fourth-order valence-corrected chi connectivity index (χ4v) is 11.4. The van der Waals surface area contributed by atoms with Crippen molar-refractivity contribution < 1.29 is 41.3 Å². The molecule has 2 aromatic carbocycles. The maximum atomic E-state index is 14.3. The number of hydrogen-bond donors (Lipinski definition) is 3. The summed E-state index contributed by atoms with van der Waals surface area (Å²) in [7, 11) is -3.83. The second kappa shape index (κ2) is 25.6. The van der Waals surface area contributed by atoms with Gasteiger partial charge in [-0.05, 0) is 90.3 Å². The number of fused-ring (bicyclic) bond motifs is 2. The number of pyridine rings is 1. The van der Waals surface area contributed by atoms with Crippen molar-refractivity contribution in [2.24, 2.45) is 0 Å². The van der Waals surface area contributed by atoms with Crippen molar-refractivity contribution in [3.8, 4) is 5.75 Å². The normalized spacial score (nSPS) is 19.1. The fraction of sp³-hybridized carbons (Fsp3) is 0.561. The number of carbonyl (C=O) groups is 1. The third-order valence-corrected chi connectivity index (χ3v) is 17.4. The number of aromatic nitrogens is 5. The molecule has 3 aromatic heterocycles. The van der Waals surface area contributed by atoms with Gasteiger partial charge in [-0.15, -0.1) is 0 Å². The molecule has 0 aliphatic carbocycles. The number of hydrogen-bond acceptors (Lipinski definition) is 17. The van der Waals surface area contributed by atoms with Crippen molar-refractivity contribution in [1.29, 1.82) is 0 Å². The number of piperazine rings is 2. The molecule has 1 unspecified atom stereocenters. The van der Waals surface area contributed by atoms with Gasteiger partial charge in [-0.1, -0.05) is 32.6 Å². The second-order valence-electron chi connectivity index (χ2n) is 22.5. The summed E-state index contributed by atoms with van der Waals surface area (Å²) in [5.74, 6) is 1.03. The first-order chi connectivity index (χ1) is 37.2. The number of anilines is 3. The predicted octanol–water partition coefficient (Wildman–Crippen LogP) is 6.36. The SMILES string of the molecule is C=C(COCCOCCOCCOCCOc1cc2ncnc(Nc3n[nH]c(C)c3C)c2cc1S(=O)(=O)C(C)(C)C)N1CCN(C[C@H]2CN[C@H](C)CN2CC(=O)N2CC(C)(C)c3ncc(Cc4ccc(F)cc4)cc32)C(C)C1. The Morgan fingerprint density at radius 2 is 1.56 bits per heavy atom. The van der Waals surface area contributed by atoms with Gasteiger partial charge in [0.15, 0.2) is 15.7 Å². The maximum Gasteiger partial charge on any atom is 0.241 e. The number of amides is 1. The monoisotopic (exact) mass is 1100 g/mol. The molecule has 2 saturated heterocycles. The molecule has 3 N–H and O–H groups in total. The van der Waals surface area contributed by atoms with Crippen LogP contribution in [0, 0.1) is 19.7 Å². The molecule has 3 aliphatic heterocycles. The third-order valence-electron chi connectivity index (χ3n) is 14.9. The van der Waals surface area contributed by atoms with Crippen molar-refractivity contribution >= 4 is 44.0 Å². The van der Waals surface area contributed by atoms with Gasteiger partial charge in [0.2, 0.25) is 5.91 Å². The molecule has 0 spiro atoms. The summed E-state index contributed by atoms with van der Waals surface area (Å²) in [5.41, 5.74) is 6.81. The zero-order chi connectivity index (χ0) is 55.8. The van der Waals surface area contributed by atoms with E-state index in [-0.39, 0.29) is 59.1 Å². The molecular weight excluding hydrogens is 1020 g/mol. The van der Waals surface area contributed by atoms with E-state index in [1.807, 2.05) is 24.9 Å². The highest BCUT2D eigenvalue weighted by Gasteiger charge is 2.41. The van der Waals surface area contributed by atoms with Crippen LogP contribution >= 0.6 is 0 Å². The van der Waals surface area contributed by atoms with Gasteiger partial charge in [0.1, 0.15) is 35.2 Å². The molecule has 0 saturated carbocycles. The van der Waals surface area contributed by atoms with Crippen LogP contribution in [0.25, 0.3) is 10.9 Å². The minimum absolute atomic E-state index is 0.0436. The summed E-state index contributed by atoms with van der Waals surface area (Å²) < 4.78 is 69.3. The highest BCUT2D eigenvalue weighted by Crippen LogP contribution is 2.40. The van der Waals surface area contributed by atoms with Crippen molar-refractivity contribution in [1.82, 2.24) is 45.2 Å². The molecule has 2 fully saturated rings. The van der Waals surface area contributed by atoms with E-state index in [2.05, 4.69) is 85.8 Å². The van der Waals surface area contributed by atoms with E-state index in [0.717, 1.165) is 78.7 Å². The number of nitrogens with zero attached hydrogens (tertiary/aromatic N) is 8. The van der Waals surface area contributed by atoms with E-state index in [1.54, 1.807) is 45.0 Å². The van der Waals surface area contributed by atoms with Crippen molar-refractivity contribution in [2.45, 2.75) is 102 Å². The number of H-pyrrole nitrogens is 1. The summed E-state index contributed by atoms with van der Waals surface area (Å²) in [6.07, 6.45) is 3.91. The first kappa shape index (κ1) is 58.5. The standard InChI is InChI=1S/C57H80FN11O8S/c1-38-31-68(34-52(70)69-36-57(9,10)53-49(69)26-44(29-60-53)25-43-11-13-45(58)14-12-43)46(30-59-38)33-67-16-15-66(32-39(67)2)40(3)35-76-22-21-74-18-17-73-19-20-75-23-24-77-50-28-48-47(27-51(50)78(71,72)56(6,7)8)55(62-37-61-48)63-54-41(4)42(5)64-65-54/h11-14,26-29,37-39,46,59H,3,15-25,30-36H2,1-2,4-10H3,(H2,61,62,63,64,65)/t38-,39?,46-/m1/s1. The summed E-state index contributed by atoms with van der Waals surface area (Å²) in [5, 5.41) is 14.7. The highest BCUT2D eigenvalue weighted by atomic mass is 32.2. The van der Waals surface area contributed by atoms with Crippen LogP contribution in [-0.2, 0) is 45.4 Å². The molecule has 1 amide bonds. The topological polar surface area (TPSA) is 202 Å². The molecule has 0 radical (unpaired) electrons. The first-order valence-corrected chi connectivity index (χ1v) is 28.6. The number of sulfone groups is 1. The lowest BCUT2D eigenvalue weighted by Gasteiger charge is -2.46. The largest absolute Gasteiger partial charge is 0.490 e. The molecule has 3 aliphatic rings. The van der Waals surface area contributed by atoms with Crippen molar-refractivity contribution in [3.63, 3.8) is 0 Å². The second-order valence-corrected chi connectivity index (χ2v) is 25.1. The Morgan fingerprint density at radius 3 is 2.23 bits per heavy atom. The molecular formula is C57H80FN11O8S. The Hall–Kier alpha value is -5.65. The van der Waals surface area contributed by atoms with E-state index in [1.165, 1.54) is 18.5 Å². The molecule has 5 aromatic rings. The fourth-order valence-electron chi connectivity index (χ4n) is 10.1. The number of rotatable bonds is 25. The van der Waals surface area contributed by atoms with Crippen LogP contribution < -0.4 is 20.3 Å². The van der Waals surface area contributed by atoms with Gasteiger partial charge in [0, 0.05) is 104 Å². The molecule has 78 heavy (non-hydrogen) atoms. The Kier molecular flexibility index (Phi) is 19.2. The number of ether oxygens (including phenoxy) is 5. The van der Waals surface area contributed by atoms with E-state index in [4.69, 9.17) is 28.7 Å². The number of aryl methyl sites for hydroxylation is 1. The zero-order valence-electron chi connectivity index (χ0n) is 47.0. The highest BCUT2D eigenvalue weighted by molar-refractivity contribution is 7.92. The van der Waals surface area contributed by atoms with Gasteiger partial charge in [0.25, 0.3) is 0 Å². The lowest BCUT2D eigenvalue weighted by molar-refractivity contribution is -0.121. The average molecular weight is 1100 g/mol. The van der Waals surface area contributed by atoms with Gasteiger partial charge < -0.3 is 44.1 Å². The Bertz CT molecular complexity index is 2970. The smallest absolute Gasteiger partial charge is 0.241 e. The molecule has 6 heterocycles. The summed E-state index contributed by atoms with van der Waals surface area (Å²) in [6.45, 7) is 30.9. The number of carbonyl (C=O) groups excluding carboxylic acids is 1. The lowest BCUT2D eigenvalue weighted by Crippen LogP contribution is -2.63. The Balaban J connectivity index is 0.699. The van der Waals surface area contributed by atoms with E-state index in [0.29, 0.717) is 88.3 Å². The average Bonchev–Trinajstić information content (AvgIpc) is 3.90. The third kappa shape index (κ3) is 14.4. The van der Waals surface area contributed by atoms with E-state index >= 15 is 0 Å². The van der Waals surface area contributed by atoms with Crippen LogP contribution in [0.1, 0.15) is 76.5 Å². The van der Waals surface area contributed by atoms with Gasteiger partial charge >= 0.3 is 0 Å². The molecule has 8 rings (SSSR count). The quantitative estimate of drug-likeness (QED) is 0.0545. The molecule has 21 heteroatoms. The Morgan fingerprint density at radius 1 is 0.872 bits per heavy atom. The van der Waals surface area contributed by atoms with Gasteiger partial charge in [-0.3, -0.25) is 24.7 Å². The van der Waals surface area contributed by atoms with Gasteiger partial charge in [0.05, 0.1) is 81.0 Å². The summed E-state index contributed by atoms with van der Waals surface area (Å²) in [6, 6.07) is 12.5. The minimum Gasteiger partial charge on any atom is -0.490 e. The van der Waals surface area contributed by atoms with Crippen LogP contribution in [0.15, 0.2) is 72.2 Å². The number of aromatic amines is 1. The minimum atomic E-state index is -3.83. The number of halogens is 1. The predicted molar refractivity (Wildman–Crippen MR) is 300 cm³/mol. The molecule has 424 valence electrons. The summed E-state index contributed by atoms with van der Waals surface area (Å²) >= 11 is 0. The van der Waals surface area contributed by atoms with Crippen LogP contribution in [-0.4, -0.2) is 189 Å². The zero-order valence-corrected chi connectivity index (χ0v) is 47.8. The Labute approximate surface area is 459 Å². The molecule has 3 atom stereocenters. The van der Waals surface area contributed by atoms with E-state index < -0.39 is 14.6 Å².